The van der Waals surface area contributed by atoms with Crippen molar-refractivity contribution in [1.29, 1.82) is 0 Å². The van der Waals surface area contributed by atoms with E-state index in [1.807, 2.05) is 0 Å². The summed E-state index contributed by atoms with van der Waals surface area (Å²) < 4.78 is 10.7. The van der Waals surface area contributed by atoms with Crippen LogP contribution in [0.1, 0.15) is 53.1 Å². The van der Waals surface area contributed by atoms with Gasteiger partial charge in [-0.15, -0.1) is 11.8 Å². The number of carbonyl (C=O) groups is 4. The average molecular weight is 490 g/mol. The molecule has 1 aromatic carbocycles. The molecule has 3 atom stereocenters. The molecule has 34 heavy (non-hydrogen) atoms. The minimum absolute atomic E-state index is 0.181. The molecular formula is C24H31N3O6S. The number of benzene rings is 1. The number of carbonyl (C=O) groups excluding carboxylic acids is 4. The van der Waals surface area contributed by atoms with E-state index in [2.05, 4.69) is 10.6 Å². The molecule has 0 radical (unpaired) electrons. The maximum atomic E-state index is 13.2. The van der Waals surface area contributed by atoms with Crippen LogP contribution in [0.4, 0.5) is 4.79 Å². The van der Waals surface area contributed by atoms with Crippen LogP contribution in [-0.4, -0.2) is 57.1 Å². The first-order valence-corrected chi connectivity index (χ1v) is 12.0. The number of rotatable bonds is 5. The lowest BCUT2D eigenvalue weighted by atomic mass is 10.0. The molecular weight excluding hydrogens is 458 g/mol. The maximum absolute atomic E-state index is 13.2. The van der Waals surface area contributed by atoms with Gasteiger partial charge in [0.05, 0.1) is 0 Å². The smallest absolute Gasteiger partial charge is 0.408 e. The first-order valence-electron chi connectivity index (χ1n) is 11.0. The van der Waals surface area contributed by atoms with Crippen LogP contribution in [0.3, 0.4) is 0 Å². The van der Waals surface area contributed by atoms with Gasteiger partial charge in [0.2, 0.25) is 5.91 Å². The molecule has 0 spiro atoms. The monoisotopic (exact) mass is 489 g/mol. The second kappa shape index (κ2) is 9.69. The standard InChI is InChI=1S/C24H31N3O6S/c1-23(2,3)32-21(30)15-12-13-34-20-17(19(29)27(15)20)25-18(28)16(14-10-8-7-9-11-14)26-22(31)33-24(4,5)6/h7-12,16-17,20H,13H2,1-6H3,(H,25,28)(H,26,31)/t16?,17-,20-/m1/s1. The normalized spacial score (nSPS) is 20.8. The van der Waals surface area contributed by atoms with E-state index in [0.29, 0.717) is 11.3 Å². The second-order valence-electron chi connectivity index (χ2n) is 10.00. The quantitative estimate of drug-likeness (QED) is 0.483. The van der Waals surface area contributed by atoms with Crippen LogP contribution in [0.25, 0.3) is 0 Å². The van der Waals surface area contributed by atoms with Gasteiger partial charge in [-0.05, 0) is 53.2 Å². The van der Waals surface area contributed by atoms with Crippen LogP contribution in [0.2, 0.25) is 0 Å². The SMILES string of the molecule is CC(C)(C)OC(=O)NC(C(=O)N[C@@H]1C(=O)N2C(C(=O)OC(C)(C)C)=CCS[C@H]12)c1ccccc1. The van der Waals surface area contributed by atoms with E-state index in [4.69, 9.17) is 9.47 Å². The summed E-state index contributed by atoms with van der Waals surface area (Å²) in [6.45, 7) is 10.4. The van der Waals surface area contributed by atoms with Crippen molar-refractivity contribution in [3.8, 4) is 0 Å². The Morgan fingerprint density at radius 3 is 2.24 bits per heavy atom. The second-order valence-corrected chi connectivity index (χ2v) is 11.1. The highest BCUT2D eigenvalue weighted by Gasteiger charge is 2.53. The first-order chi connectivity index (χ1) is 15.8. The van der Waals surface area contributed by atoms with Gasteiger partial charge in [0.25, 0.3) is 5.91 Å². The van der Waals surface area contributed by atoms with Crippen LogP contribution in [-0.2, 0) is 23.9 Å². The topological polar surface area (TPSA) is 114 Å². The Balaban J connectivity index is 1.73. The summed E-state index contributed by atoms with van der Waals surface area (Å²) in [7, 11) is 0. The molecule has 1 aromatic rings. The minimum atomic E-state index is -1.06. The summed E-state index contributed by atoms with van der Waals surface area (Å²) in [6, 6.07) is 6.80. The Kier molecular flexibility index (Phi) is 7.30. The van der Waals surface area contributed by atoms with Gasteiger partial charge in [0, 0.05) is 5.75 Å². The molecule has 0 saturated carbocycles. The van der Waals surface area contributed by atoms with Gasteiger partial charge < -0.3 is 20.1 Å². The van der Waals surface area contributed by atoms with Gasteiger partial charge in [0.15, 0.2) is 0 Å². The molecule has 2 aliphatic heterocycles. The zero-order chi connectivity index (χ0) is 25.3. The number of thioether (sulfide) groups is 1. The molecule has 3 amide bonds. The van der Waals surface area contributed by atoms with E-state index in [9.17, 15) is 19.2 Å². The third kappa shape index (κ3) is 6.11. The Labute approximate surface area is 203 Å². The number of hydrogen-bond donors (Lipinski definition) is 2. The fourth-order valence-electron chi connectivity index (χ4n) is 3.47. The van der Waals surface area contributed by atoms with E-state index in [1.165, 1.54) is 16.7 Å². The van der Waals surface area contributed by atoms with E-state index >= 15 is 0 Å². The fourth-order valence-corrected chi connectivity index (χ4v) is 4.66. The Hall–Kier alpha value is -3.01. The van der Waals surface area contributed by atoms with Gasteiger partial charge in [0.1, 0.15) is 34.4 Å². The summed E-state index contributed by atoms with van der Waals surface area (Å²) in [5.41, 5.74) is -0.716. The van der Waals surface area contributed by atoms with Crippen molar-refractivity contribution in [3.63, 3.8) is 0 Å². The molecule has 2 heterocycles. The van der Waals surface area contributed by atoms with Crippen molar-refractivity contribution in [3.05, 3.63) is 47.7 Å². The molecule has 2 aliphatic rings. The number of hydrogen-bond acceptors (Lipinski definition) is 7. The van der Waals surface area contributed by atoms with Gasteiger partial charge >= 0.3 is 12.1 Å². The van der Waals surface area contributed by atoms with Crippen molar-refractivity contribution in [2.45, 2.75) is 70.2 Å². The van der Waals surface area contributed by atoms with E-state index in [1.54, 1.807) is 78.0 Å². The highest BCUT2D eigenvalue weighted by Crippen LogP contribution is 2.38. The van der Waals surface area contributed by atoms with Crippen LogP contribution >= 0.6 is 11.8 Å². The van der Waals surface area contributed by atoms with Crippen molar-refractivity contribution < 1.29 is 28.7 Å². The van der Waals surface area contributed by atoms with Crippen molar-refractivity contribution in [2.75, 3.05) is 5.75 Å². The minimum Gasteiger partial charge on any atom is -0.455 e. The molecule has 1 unspecified atom stereocenters. The van der Waals surface area contributed by atoms with Crippen LogP contribution in [0, 0.1) is 0 Å². The lowest BCUT2D eigenvalue weighted by Crippen LogP contribution is -2.71. The van der Waals surface area contributed by atoms with Gasteiger partial charge in [-0.3, -0.25) is 14.5 Å². The highest BCUT2D eigenvalue weighted by molar-refractivity contribution is 8.00. The molecule has 1 fully saturated rings. The summed E-state index contributed by atoms with van der Waals surface area (Å²) in [5, 5.41) is 4.89. The molecule has 1 saturated heterocycles. The number of amides is 3. The molecule has 10 heteroatoms. The first kappa shape index (κ1) is 25.6. The molecule has 2 N–H and O–H groups in total. The lowest BCUT2D eigenvalue weighted by molar-refractivity contribution is -0.158. The molecule has 3 rings (SSSR count). The fraction of sp³-hybridized carbons (Fsp3) is 0.500. The number of alkyl carbamates (subject to hydrolysis) is 1. The Morgan fingerprint density at radius 2 is 1.65 bits per heavy atom. The highest BCUT2D eigenvalue weighted by atomic mass is 32.2. The third-order valence-corrected chi connectivity index (χ3v) is 5.99. The van der Waals surface area contributed by atoms with Crippen molar-refractivity contribution in [2.24, 2.45) is 0 Å². The summed E-state index contributed by atoms with van der Waals surface area (Å²) in [6.07, 6.45) is 0.905. The zero-order valence-electron chi connectivity index (χ0n) is 20.2. The summed E-state index contributed by atoms with van der Waals surface area (Å²) >= 11 is 1.43. The number of nitrogens with zero attached hydrogens (tertiary/aromatic N) is 1. The van der Waals surface area contributed by atoms with E-state index in [0.717, 1.165) is 0 Å². The molecule has 0 bridgehead atoms. The maximum Gasteiger partial charge on any atom is 0.408 e. The van der Waals surface area contributed by atoms with Crippen LogP contribution in [0.15, 0.2) is 42.1 Å². The Bertz CT molecular complexity index is 996. The molecule has 9 nitrogen and oxygen atoms in total. The number of nitrogens with one attached hydrogen (secondary N) is 2. The number of ether oxygens (including phenoxy) is 2. The van der Waals surface area contributed by atoms with Gasteiger partial charge in [-0.1, -0.05) is 30.3 Å². The lowest BCUT2D eigenvalue weighted by Gasteiger charge is -2.49. The van der Waals surface area contributed by atoms with E-state index < -0.39 is 52.5 Å². The number of fused-ring (bicyclic) bond motifs is 1. The van der Waals surface area contributed by atoms with Crippen molar-refractivity contribution >= 4 is 35.6 Å². The third-order valence-electron chi connectivity index (χ3n) is 4.81. The predicted molar refractivity (Wildman–Crippen MR) is 128 cm³/mol. The molecule has 0 aliphatic carbocycles. The molecule has 0 aromatic heterocycles. The summed E-state index contributed by atoms with van der Waals surface area (Å²) in [4.78, 5) is 52.4. The van der Waals surface area contributed by atoms with Crippen LogP contribution in [0.5, 0.6) is 0 Å². The van der Waals surface area contributed by atoms with E-state index in [-0.39, 0.29) is 5.70 Å². The van der Waals surface area contributed by atoms with Gasteiger partial charge in [-0.25, -0.2) is 9.59 Å². The van der Waals surface area contributed by atoms with Crippen LogP contribution < -0.4 is 10.6 Å². The van der Waals surface area contributed by atoms with Gasteiger partial charge in [-0.2, -0.15) is 0 Å². The number of β-lactam (4-membered cyclic amide) rings is 1. The zero-order valence-corrected chi connectivity index (χ0v) is 21.0. The largest absolute Gasteiger partial charge is 0.455 e. The molecule has 184 valence electrons. The number of esters is 1. The Morgan fingerprint density at radius 1 is 1.03 bits per heavy atom. The summed E-state index contributed by atoms with van der Waals surface area (Å²) in [5.74, 6) is -1.05. The average Bonchev–Trinajstić information content (AvgIpc) is 2.73. The predicted octanol–water partition coefficient (Wildman–Crippen LogP) is 2.88. The van der Waals surface area contributed by atoms with Crippen molar-refractivity contribution in [1.82, 2.24) is 15.5 Å².